The third kappa shape index (κ3) is 2.16. The molecule has 3 saturated carbocycles. The topological polar surface area (TPSA) is 79.6 Å². The Morgan fingerprint density at radius 1 is 1.29 bits per heavy atom. The zero-order valence-corrected chi connectivity index (χ0v) is 16.9. The van der Waals surface area contributed by atoms with Gasteiger partial charge < -0.3 is 10.6 Å². The predicted molar refractivity (Wildman–Crippen MR) is 107 cm³/mol. The van der Waals surface area contributed by atoms with Crippen molar-refractivity contribution >= 4 is 16.7 Å². The second kappa shape index (κ2) is 5.14. The zero-order valence-electron chi connectivity index (χ0n) is 16.9. The Kier molecular flexibility index (Phi) is 3.04. The summed E-state index contributed by atoms with van der Waals surface area (Å²) in [6, 6.07) is 2.20. The molecule has 7 heteroatoms. The van der Waals surface area contributed by atoms with Crippen LogP contribution >= 0.6 is 0 Å². The van der Waals surface area contributed by atoms with E-state index < -0.39 is 0 Å². The van der Waals surface area contributed by atoms with Gasteiger partial charge in [-0.05, 0) is 32.3 Å². The fraction of sp³-hybridized carbons (Fsp3) is 0.571. The van der Waals surface area contributed by atoms with Crippen molar-refractivity contribution in [3.05, 3.63) is 34.9 Å². The standard InChI is InChI=1S/C21H27N7/c1-13-6-18(15-7-23-26(3)19(15)24-13)27-5-4-17-16(8-27)14(2)28(25-17)12-20-9-21(22,10-20)11-20/h6-7H,4-5,8-12,22H2,1-3H3/p+1. The van der Waals surface area contributed by atoms with Crippen molar-refractivity contribution in [1.29, 1.82) is 0 Å². The van der Waals surface area contributed by atoms with Gasteiger partial charge in [-0.15, -0.1) is 4.68 Å². The Bertz CT molecular complexity index is 1100. The van der Waals surface area contributed by atoms with E-state index in [2.05, 4.69) is 44.7 Å². The Hall–Kier alpha value is -2.41. The molecule has 3 aliphatic carbocycles. The number of anilines is 1. The number of hydrogen-bond acceptors (Lipinski definition) is 4. The quantitative estimate of drug-likeness (QED) is 0.679. The number of aromatic amines is 1. The second-order valence-electron chi connectivity index (χ2n) is 9.59. The molecule has 0 radical (unpaired) electrons. The predicted octanol–water partition coefficient (Wildman–Crippen LogP) is 1.64. The zero-order chi connectivity index (χ0) is 19.3. The third-order valence-corrected chi connectivity index (χ3v) is 7.28. The number of fused-ring (bicyclic) bond motifs is 2. The number of nitrogens with zero attached hydrogens (tertiary/aromatic N) is 5. The molecule has 0 saturated heterocycles. The van der Waals surface area contributed by atoms with Gasteiger partial charge in [0.2, 0.25) is 5.69 Å². The van der Waals surface area contributed by atoms with Crippen molar-refractivity contribution in [2.75, 3.05) is 11.4 Å². The molecule has 146 valence electrons. The van der Waals surface area contributed by atoms with Gasteiger partial charge in [0.25, 0.3) is 0 Å². The van der Waals surface area contributed by atoms with Gasteiger partial charge in [-0.3, -0.25) is 4.68 Å². The van der Waals surface area contributed by atoms with Crippen molar-refractivity contribution in [3.8, 4) is 0 Å². The summed E-state index contributed by atoms with van der Waals surface area (Å²) < 4.78 is 4.26. The number of pyridine rings is 1. The first-order valence-corrected chi connectivity index (χ1v) is 10.3. The maximum atomic E-state index is 6.27. The molecule has 7 nitrogen and oxygen atoms in total. The lowest BCUT2D eigenvalue weighted by Gasteiger charge is -2.67. The lowest BCUT2D eigenvalue weighted by atomic mass is 9.40. The van der Waals surface area contributed by atoms with Crippen LogP contribution in [-0.4, -0.2) is 31.9 Å². The van der Waals surface area contributed by atoms with Crippen LogP contribution in [0.25, 0.3) is 11.0 Å². The van der Waals surface area contributed by atoms with Crippen molar-refractivity contribution in [3.63, 3.8) is 0 Å². The number of aryl methyl sites for hydroxylation is 2. The molecule has 0 atom stereocenters. The molecule has 3 aromatic rings. The molecular formula is C21H28N7+. The van der Waals surface area contributed by atoms with Gasteiger partial charge in [-0.2, -0.15) is 10.2 Å². The van der Waals surface area contributed by atoms with Crippen LogP contribution in [0.5, 0.6) is 0 Å². The highest BCUT2D eigenvalue weighted by Gasteiger charge is 2.68. The molecule has 28 heavy (non-hydrogen) atoms. The van der Waals surface area contributed by atoms with Gasteiger partial charge in [0.1, 0.15) is 0 Å². The monoisotopic (exact) mass is 378 g/mol. The van der Waals surface area contributed by atoms with E-state index >= 15 is 0 Å². The highest BCUT2D eigenvalue weighted by atomic mass is 15.3. The van der Waals surface area contributed by atoms with Gasteiger partial charge in [0.15, 0.2) is 12.2 Å². The molecule has 4 heterocycles. The van der Waals surface area contributed by atoms with E-state index in [1.54, 1.807) is 0 Å². The fourth-order valence-electron chi connectivity index (χ4n) is 6.06. The van der Waals surface area contributed by atoms with Crippen LogP contribution in [0.3, 0.4) is 0 Å². The number of hydrogen-bond donors (Lipinski definition) is 2. The van der Waals surface area contributed by atoms with Crippen molar-refractivity contribution in [2.45, 2.75) is 58.2 Å². The Morgan fingerprint density at radius 3 is 2.82 bits per heavy atom. The maximum Gasteiger partial charge on any atom is 0.209 e. The summed E-state index contributed by atoms with van der Waals surface area (Å²) in [6.45, 7) is 7.37. The van der Waals surface area contributed by atoms with Gasteiger partial charge in [0.05, 0.1) is 35.1 Å². The molecule has 3 aromatic heterocycles. The third-order valence-electron chi connectivity index (χ3n) is 7.28. The second-order valence-corrected chi connectivity index (χ2v) is 9.59. The highest BCUT2D eigenvalue weighted by Crippen LogP contribution is 2.65. The van der Waals surface area contributed by atoms with E-state index in [9.17, 15) is 0 Å². The summed E-state index contributed by atoms with van der Waals surface area (Å²) in [5.74, 6) is 0. The van der Waals surface area contributed by atoms with Crippen molar-refractivity contribution in [1.82, 2.24) is 19.9 Å². The fourth-order valence-corrected chi connectivity index (χ4v) is 6.06. The Balaban J connectivity index is 1.32. The highest BCUT2D eigenvalue weighted by molar-refractivity contribution is 5.89. The van der Waals surface area contributed by atoms with Gasteiger partial charge >= 0.3 is 0 Å². The van der Waals surface area contributed by atoms with E-state index in [1.165, 1.54) is 41.9 Å². The molecule has 0 amide bonds. The SMILES string of the molecule is Cc1cc(N2CCc3[nH][n+](CC45CC(N)(C4)C5)c(C)c3C2)c2cnn(C)c2n1. The molecule has 3 N–H and O–H groups in total. The van der Waals surface area contributed by atoms with Crippen molar-refractivity contribution in [2.24, 2.45) is 18.2 Å². The van der Waals surface area contributed by atoms with Crippen LogP contribution in [0.1, 0.15) is 41.9 Å². The molecule has 7 rings (SSSR count). The first-order chi connectivity index (χ1) is 13.3. The molecule has 0 spiro atoms. The molecule has 0 unspecified atom stereocenters. The minimum atomic E-state index is 0.172. The number of aromatic nitrogens is 5. The molecule has 2 bridgehead atoms. The number of nitrogens with two attached hydrogens (primary N) is 1. The van der Waals surface area contributed by atoms with Crippen LogP contribution in [-0.2, 0) is 26.6 Å². The van der Waals surface area contributed by atoms with Crippen molar-refractivity contribution < 1.29 is 4.68 Å². The average molecular weight is 379 g/mol. The minimum Gasteiger partial charge on any atom is -0.366 e. The summed E-state index contributed by atoms with van der Waals surface area (Å²) in [6.07, 6.45) is 6.56. The van der Waals surface area contributed by atoms with Gasteiger partial charge in [0, 0.05) is 43.6 Å². The van der Waals surface area contributed by atoms with Gasteiger partial charge in [-0.25, -0.2) is 4.98 Å². The van der Waals surface area contributed by atoms with E-state index in [-0.39, 0.29) is 5.54 Å². The maximum absolute atomic E-state index is 6.27. The first-order valence-electron chi connectivity index (χ1n) is 10.3. The van der Waals surface area contributed by atoms with E-state index in [0.29, 0.717) is 5.41 Å². The minimum absolute atomic E-state index is 0.172. The largest absolute Gasteiger partial charge is 0.366 e. The van der Waals surface area contributed by atoms with Crippen LogP contribution in [0.15, 0.2) is 12.3 Å². The lowest BCUT2D eigenvalue weighted by Crippen LogP contribution is -2.75. The molecule has 3 fully saturated rings. The molecule has 1 aliphatic heterocycles. The summed E-state index contributed by atoms with van der Waals surface area (Å²) in [5.41, 5.74) is 14.4. The summed E-state index contributed by atoms with van der Waals surface area (Å²) in [4.78, 5) is 7.16. The Labute approximate surface area is 164 Å². The Morgan fingerprint density at radius 2 is 2.07 bits per heavy atom. The number of rotatable bonds is 3. The van der Waals surface area contributed by atoms with E-state index in [0.717, 1.165) is 42.8 Å². The summed E-state index contributed by atoms with van der Waals surface area (Å²) >= 11 is 0. The molecule has 4 aliphatic rings. The van der Waals surface area contributed by atoms with E-state index in [4.69, 9.17) is 5.73 Å². The van der Waals surface area contributed by atoms with Crippen LogP contribution in [0.2, 0.25) is 0 Å². The normalized spacial score (nSPS) is 28.2. The van der Waals surface area contributed by atoms with Crippen LogP contribution in [0.4, 0.5) is 5.69 Å². The lowest BCUT2D eigenvalue weighted by molar-refractivity contribution is -0.773. The summed E-state index contributed by atoms with van der Waals surface area (Å²) in [7, 11) is 1.96. The molecule has 0 aromatic carbocycles. The number of nitrogens with one attached hydrogen (secondary N) is 1. The smallest absolute Gasteiger partial charge is 0.209 e. The average Bonchev–Trinajstić information content (AvgIpc) is 3.13. The molecular weight excluding hydrogens is 350 g/mol. The van der Waals surface area contributed by atoms with Crippen LogP contribution in [0, 0.1) is 19.3 Å². The van der Waals surface area contributed by atoms with Crippen LogP contribution < -0.4 is 15.3 Å². The first kappa shape index (κ1) is 16.5. The number of H-pyrrole nitrogens is 1. The van der Waals surface area contributed by atoms with Gasteiger partial charge in [-0.1, -0.05) is 0 Å². The van der Waals surface area contributed by atoms with E-state index in [1.807, 2.05) is 17.9 Å². The summed E-state index contributed by atoms with van der Waals surface area (Å²) in [5, 5.41) is 9.28.